The largest absolute Gasteiger partial charge is 0.379 e. The minimum Gasteiger partial charge on any atom is -0.379 e. The fourth-order valence-corrected chi connectivity index (χ4v) is 2.61. The van der Waals surface area contributed by atoms with Gasteiger partial charge in [-0.15, -0.1) is 0 Å². The van der Waals surface area contributed by atoms with E-state index in [2.05, 4.69) is 0 Å². The molecule has 0 aliphatic carbocycles. The lowest BCUT2D eigenvalue weighted by Gasteiger charge is -2.32. The van der Waals surface area contributed by atoms with Gasteiger partial charge in [-0.3, -0.25) is 4.79 Å². The van der Waals surface area contributed by atoms with Gasteiger partial charge >= 0.3 is 0 Å². The molecule has 0 bridgehead atoms. The van der Waals surface area contributed by atoms with E-state index in [1.54, 1.807) is 23.1 Å². The highest BCUT2D eigenvalue weighted by Crippen LogP contribution is 2.16. The Morgan fingerprint density at radius 3 is 2.68 bits per heavy atom. The summed E-state index contributed by atoms with van der Waals surface area (Å²) < 4.78 is 24.5. The molecule has 1 aliphatic heterocycles. The molecule has 122 valence electrons. The van der Waals surface area contributed by atoms with E-state index >= 15 is 0 Å². The van der Waals surface area contributed by atoms with Crippen molar-refractivity contribution in [1.29, 1.82) is 0 Å². The first-order valence-electron chi connectivity index (χ1n) is 7.91. The smallest absolute Gasteiger partial charge is 0.227 e. The lowest BCUT2D eigenvalue weighted by atomic mass is 10.1. The van der Waals surface area contributed by atoms with Gasteiger partial charge in [0.1, 0.15) is 5.82 Å². The van der Waals surface area contributed by atoms with Gasteiger partial charge in [0.25, 0.3) is 0 Å². The van der Waals surface area contributed by atoms with Crippen molar-refractivity contribution in [1.82, 2.24) is 4.90 Å². The quantitative estimate of drug-likeness (QED) is 0.726. The molecule has 22 heavy (non-hydrogen) atoms. The Kier molecular flexibility index (Phi) is 6.80. The topological polar surface area (TPSA) is 38.8 Å². The molecule has 2 rings (SSSR count). The van der Waals surface area contributed by atoms with Gasteiger partial charge in [-0.25, -0.2) is 4.39 Å². The standard InChI is InChI=1S/C17H24FNO3/c1-2-21-11-12-22-15-7-9-19(10-8-15)17(20)13-14-5-3-4-6-16(14)18/h3-6,15H,2,7-13H2,1H3. The zero-order valence-corrected chi connectivity index (χ0v) is 13.1. The Hall–Kier alpha value is -1.46. The van der Waals surface area contributed by atoms with Crippen LogP contribution in [-0.4, -0.2) is 49.8 Å². The molecule has 0 N–H and O–H groups in total. The molecule has 0 unspecified atom stereocenters. The van der Waals surface area contributed by atoms with Crippen molar-refractivity contribution >= 4 is 5.91 Å². The number of benzene rings is 1. The van der Waals surface area contributed by atoms with E-state index in [0.717, 1.165) is 12.8 Å². The molecule has 1 saturated heterocycles. The maximum atomic E-state index is 13.6. The average molecular weight is 309 g/mol. The van der Waals surface area contributed by atoms with Crippen LogP contribution in [0.15, 0.2) is 24.3 Å². The van der Waals surface area contributed by atoms with Crippen LogP contribution in [0.4, 0.5) is 4.39 Å². The highest BCUT2D eigenvalue weighted by Gasteiger charge is 2.23. The van der Waals surface area contributed by atoms with Gasteiger partial charge in [0.15, 0.2) is 0 Å². The van der Waals surface area contributed by atoms with Crippen LogP contribution in [0.2, 0.25) is 0 Å². The Morgan fingerprint density at radius 1 is 1.27 bits per heavy atom. The third kappa shape index (κ3) is 5.07. The van der Waals surface area contributed by atoms with Gasteiger partial charge in [-0.05, 0) is 31.4 Å². The van der Waals surface area contributed by atoms with Crippen LogP contribution in [-0.2, 0) is 20.7 Å². The zero-order valence-electron chi connectivity index (χ0n) is 13.1. The zero-order chi connectivity index (χ0) is 15.8. The van der Waals surface area contributed by atoms with E-state index in [0.29, 0.717) is 38.5 Å². The van der Waals surface area contributed by atoms with Gasteiger partial charge in [0, 0.05) is 19.7 Å². The van der Waals surface area contributed by atoms with Crippen LogP contribution in [0, 0.1) is 5.82 Å². The molecule has 1 aromatic carbocycles. The molecule has 0 atom stereocenters. The van der Waals surface area contributed by atoms with Gasteiger partial charge in [0.2, 0.25) is 5.91 Å². The predicted molar refractivity (Wildman–Crippen MR) is 82.2 cm³/mol. The van der Waals surface area contributed by atoms with Crippen molar-refractivity contribution in [2.45, 2.75) is 32.3 Å². The summed E-state index contributed by atoms with van der Waals surface area (Å²) in [6.07, 6.45) is 1.98. The van der Waals surface area contributed by atoms with E-state index in [4.69, 9.17) is 9.47 Å². The molecular weight excluding hydrogens is 285 g/mol. The third-order valence-electron chi connectivity index (χ3n) is 3.88. The van der Waals surface area contributed by atoms with Crippen LogP contribution in [0.1, 0.15) is 25.3 Å². The number of carbonyl (C=O) groups is 1. The first-order valence-corrected chi connectivity index (χ1v) is 7.91. The van der Waals surface area contributed by atoms with E-state index in [9.17, 15) is 9.18 Å². The van der Waals surface area contributed by atoms with Crippen molar-refractivity contribution in [3.05, 3.63) is 35.6 Å². The Balaban J connectivity index is 1.72. The summed E-state index contributed by atoms with van der Waals surface area (Å²) in [6.45, 7) is 5.22. The molecule has 1 heterocycles. The Morgan fingerprint density at radius 2 is 2.00 bits per heavy atom. The SMILES string of the molecule is CCOCCOC1CCN(C(=O)Cc2ccccc2F)CC1. The summed E-state index contributed by atoms with van der Waals surface area (Å²) in [6, 6.07) is 6.44. The average Bonchev–Trinajstić information content (AvgIpc) is 2.54. The summed E-state index contributed by atoms with van der Waals surface area (Å²) in [7, 11) is 0. The maximum Gasteiger partial charge on any atom is 0.227 e. The minimum absolute atomic E-state index is 0.0159. The molecule has 0 radical (unpaired) electrons. The number of hydrogen-bond acceptors (Lipinski definition) is 3. The van der Waals surface area contributed by atoms with Crippen molar-refractivity contribution < 1.29 is 18.7 Å². The molecule has 5 heteroatoms. The summed E-state index contributed by atoms with van der Waals surface area (Å²) in [4.78, 5) is 14.0. The normalized spacial score (nSPS) is 16.0. The second kappa shape index (κ2) is 8.86. The van der Waals surface area contributed by atoms with Crippen LogP contribution < -0.4 is 0 Å². The van der Waals surface area contributed by atoms with Crippen molar-refractivity contribution in [3.63, 3.8) is 0 Å². The van der Waals surface area contributed by atoms with Gasteiger partial charge in [-0.1, -0.05) is 18.2 Å². The molecule has 0 saturated carbocycles. The number of piperidine rings is 1. The van der Waals surface area contributed by atoms with Crippen LogP contribution in [0.25, 0.3) is 0 Å². The first kappa shape index (κ1) is 16.9. The maximum absolute atomic E-state index is 13.6. The number of likely N-dealkylation sites (tertiary alicyclic amines) is 1. The molecule has 1 amide bonds. The van der Waals surface area contributed by atoms with Gasteiger partial charge < -0.3 is 14.4 Å². The number of ether oxygens (including phenoxy) is 2. The summed E-state index contributed by atoms with van der Waals surface area (Å²) in [5.74, 6) is -0.331. The lowest BCUT2D eigenvalue weighted by Crippen LogP contribution is -2.41. The Labute approximate surface area is 131 Å². The molecular formula is C17H24FNO3. The van der Waals surface area contributed by atoms with Crippen molar-refractivity contribution in [3.8, 4) is 0 Å². The fourth-order valence-electron chi connectivity index (χ4n) is 2.61. The second-order valence-corrected chi connectivity index (χ2v) is 5.42. The summed E-state index contributed by atoms with van der Waals surface area (Å²) in [5.41, 5.74) is 0.461. The molecule has 0 spiro atoms. The van der Waals surface area contributed by atoms with E-state index in [-0.39, 0.29) is 24.2 Å². The van der Waals surface area contributed by atoms with E-state index < -0.39 is 0 Å². The summed E-state index contributed by atoms with van der Waals surface area (Å²) in [5, 5.41) is 0. The van der Waals surface area contributed by atoms with E-state index in [1.165, 1.54) is 6.07 Å². The molecule has 0 aromatic heterocycles. The predicted octanol–water partition coefficient (Wildman–Crippen LogP) is 2.41. The highest BCUT2D eigenvalue weighted by atomic mass is 19.1. The molecule has 4 nitrogen and oxygen atoms in total. The van der Waals surface area contributed by atoms with Gasteiger partial charge in [0.05, 0.1) is 25.7 Å². The number of amides is 1. The lowest BCUT2D eigenvalue weighted by molar-refractivity contribution is -0.133. The molecule has 1 aliphatic rings. The number of rotatable bonds is 7. The third-order valence-corrected chi connectivity index (χ3v) is 3.88. The second-order valence-electron chi connectivity index (χ2n) is 5.42. The van der Waals surface area contributed by atoms with E-state index in [1.807, 2.05) is 6.92 Å². The number of hydrogen-bond donors (Lipinski definition) is 0. The molecule has 1 aromatic rings. The van der Waals surface area contributed by atoms with Crippen LogP contribution >= 0.6 is 0 Å². The van der Waals surface area contributed by atoms with Crippen LogP contribution in [0.3, 0.4) is 0 Å². The van der Waals surface area contributed by atoms with Crippen LogP contribution in [0.5, 0.6) is 0 Å². The monoisotopic (exact) mass is 309 g/mol. The van der Waals surface area contributed by atoms with Crippen molar-refractivity contribution in [2.24, 2.45) is 0 Å². The minimum atomic E-state index is -0.315. The first-order chi connectivity index (χ1) is 10.7. The number of carbonyl (C=O) groups excluding carboxylic acids is 1. The number of halogens is 1. The highest BCUT2D eigenvalue weighted by molar-refractivity contribution is 5.78. The number of nitrogens with zero attached hydrogens (tertiary/aromatic N) is 1. The summed E-state index contributed by atoms with van der Waals surface area (Å²) >= 11 is 0. The fraction of sp³-hybridized carbons (Fsp3) is 0.588. The molecule has 1 fully saturated rings. The van der Waals surface area contributed by atoms with Gasteiger partial charge in [-0.2, -0.15) is 0 Å². The Bertz CT molecular complexity index is 473. The van der Waals surface area contributed by atoms with Crippen molar-refractivity contribution in [2.75, 3.05) is 32.9 Å².